The van der Waals surface area contributed by atoms with Crippen molar-refractivity contribution in [1.29, 1.82) is 0 Å². The normalized spacial score (nSPS) is 12.5. The van der Waals surface area contributed by atoms with E-state index in [1.54, 1.807) is 6.20 Å². The van der Waals surface area contributed by atoms with Crippen LogP contribution >= 0.6 is 0 Å². The summed E-state index contributed by atoms with van der Waals surface area (Å²) in [5, 5.41) is 8.06. The highest BCUT2D eigenvalue weighted by molar-refractivity contribution is 5.45. The predicted octanol–water partition coefficient (Wildman–Crippen LogP) is 1.56. The molecule has 2 N–H and O–H groups in total. The quantitative estimate of drug-likeness (QED) is 0.798. The first-order valence-corrected chi connectivity index (χ1v) is 5.44. The van der Waals surface area contributed by atoms with E-state index in [2.05, 4.69) is 28.9 Å². The van der Waals surface area contributed by atoms with Crippen LogP contribution in [0.25, 0.3) is 0 Å². The van der Waals surface area contributed by atoms with Crippen LogP contribution in [0.5, 0.6) is 0 Å². The van der Waals surface area contributed by atoms with Gasteiger partial charge < -0.3 is 10.6 Å². The van der Waals surface area contributed by atoms with E-state index in [-0.39, 0.29) is 0 Å². The lowest BCUT2D eigenvalue weighted by Gasteiger charge is -2.26. The van der Waals surface area contributed by atoms with Crippen LogP contribution in [-0.4, -0.2) is 23.3 Å². The fourth-order valence-electron chi connectivity index (χ4n) is 1.63. The van der Waals surface area contributed by atoms with Gasteiger partial charge in [-0.15, -0.1) is 5.10 Å². The lowest BCUT2D eigenvalue weighted by atomic mass is 10.1. The first-order chi connectivity index (χ1) is 7.20. The predicted molar refractivity (Wildman–Crippen MR) is 62.7 cm³/mol. The van der Waals surface area contributed by atoms with Gasteiger partial charge in [0.15, 0.2) is 5.82 Å². The SMILES string of the molecule is CCCC(C)N(C)c1nnccc1CN. The lowest BCUT2D eigenvalue weighted by molar-refractivity contribution is 0.606. The molecule has 4 heteroatoms. The van der Waals surface area contributed by atoms with E-state index in [9.17, 15) is 0 Å². The molecule has 0 radical (unpaired) electrons. The van der Waals surface area contributed by atoms with E-state index in [0.717, 1.165) is 17.8 Å². The zero-order valence-electron chi connectivity index (χ0n) is 9.77. The zero-order valence-corrected chi connectivity index (χ0v) is 9.77. The minimum absolute atomic E-state index is 0.469. The molecule has 1 rings (SSSR count). The van der Waals surface area contributed by atoms with Gasteiger partial charge in [0, 0.05) is 25.2 Å². The zero-order chi connectivity index (χ0) is 11.3. The molecule has 0 amide bonds. The number of anilines is 1. The third kappa shape index (κ3) is 2.89. The maximum absolute atomic E-state index is 5.67. The Labute approximate surface area is 91.5 Å². The maximum Gasteiger partial charge on any atom is 0.155 e. The van der Waals surface area contributed by atoms with Gasteiger partial charge >= 0.3 is 0 Å². The minimum Gasteiger partial charge on any atom is -0.355 e. The summed E-state index contributed by atoms with van der Waals surface area (Å²) in [6.07, 6.45) is 4.00. The van der Waals surface area contributed by atoms with Gasteiger partial charge in [0.25, 0.3) is 0 Å². The highest BCUT2D eigenvalue weighted by atomic mass is 15.3. The summed E-state index contributed by atoms with van der Waals surface area (Å²) < 4.78 is 0. The average Bonchev–Trinajstić information content (AvgIpc) is 2.28. The van der Waals surface area contributed by atoms with Gasteiger partial charge in [0.2, 0.25) is 0 Å². The van der Waals surface area contributed by atoms with Gasteiger partial charge in [-0.25, -0.2) is 0 Å². The Bertz CT molecular complexity index is 300. The second-order valence-corrected chi connectivity index (χ2v) is 3.83. The molecule has 0 saturated carbocycles. The van der Waals surface area contributed by atoms with Gasteiger partial charge in [-0.3, -0.25) is 0 Å². The molecule has 0 aliphatic rings. The molecular formula is C11H20N4. The molecule has 0 aliphatic carbocycles. The molecule has 84 valence electrons. The Morgan fingerprint density at radius 1 is 1.53 bits per heavy atom. The summed E-state index contributed by atoms with van der Waals surface area (Å²) in [5.74, 6) is 0.904. The monoisotopic (exact) mass is 208 g/mol. The van der Waals surface area contributed by atoms with E-state index >= 15 is 0 Å². The Morgan fingerprint density at radius 3 is 2.87 bits per heavy atom. The highest BCUT2D eigenvalue weighted by Crippen LogP contribution is 2.18. The van der Waals surface area contributed by atoms with E-state index in [1.807, 2.05) is 13.1 Å². The molecule has 0 fully saturated rings. The first-order valence-electron chi connectivity index (χ1n) is 5.44. The first kappa shape index (κ1) is 11.9. The maximum atomic E-state index is 5.67. The molecule has 0 spiro atoms. The summed E-state index contributed by atoms with van der Waals surface area (Å²) >= 11 is 0. The van der Waals surface area contributed by atoms with Crippen LogP contribution in [0, 0.1) is 0 Å². The van der Waals surface area contributed by atoms with Gasteiger partial charge in [-0.2, -0.15) is 5.10 Å². The van der Waals surface area contributed by atoms with Crippen molar-refractivity contribution < 1.29 is 0 Å². The number of hydrogen-bond acceptors (Lipinski definition) is 4. The average molecular weight is 208 g/mol. The van der Waals surface area contributed by atoms with Gasteiger partial charge in [-0.05, 0) is 19.4 Å². The van der Waals surface area contributed by atoms with Gasteiger partial charge in [-0.1, -0.05) is 13.3 Å². The third-order valence-corrected chi connectivity index (χ3v) is 2.70. The Balaban J connectivity index is 2.84. The Hall–Kier alpha value is -1.16. The summed E-state index contributed by atoms with van der Waals surface area (Å²) in [5.41, 5.74) is 6.72. The topological polar surface area (TPSA) is 55.0 Å². The van der Waals surface area contributed by atoms with Crippen LogP contribution in [-0.2, 0) is 6.54 Å². The largest absolute Gasteiger partial charge is 0.355 e. The van der Waals surface area contributed by atoms with Crippen molar-refractivity contribution in [3.63, 3.8) is 0 Å². The fourth-order valence-corrected chi connectivity index (χ4v) is 1.63. The Kier molecular flexibility index (Phi) is 4.49. The molecule has 1 aromatic rings. The summed E-state index contributed by atoms with van der Waals surface area (Å²) in [6.45, 7) is 4.89. The molecule has 0 bridgehead atoms. The summed E-state index contributed by atoms with van der Waals surface area (Å²) in [4.78, 5) is 2.15. The van der Waals surface area contributed by atoms with Crippen molar-refractivity contribution in [1.82, 2.24) is 10.2 Å². The number of nitrogens with zero attached hydrogens (tertiary/aromatic N) is 3. The van der Waals surface area contributed by atoms with Crippen molar-refractivity contribution in [2.75, 3.05) is 11.9 Å². The fraction of sp³-hybridized carbons (Fsp3) is 0.636. The molecule has 1 unspecified atom stereocenters. The van der Waals surface area contributed by atoms with Crippen molar-refractivity contribution in [3.05, 3.63) is 17.8 Å². The van der Waals surface area contributed by atoms with Crippen LogP contribution in [0.1, 0.15) is 32.3 Å². The van der Waals surface area contributed by atoms with Crippen LogP contribution in [0.2, 0.25) is 0 Å². The molecule has 0 aromatic carbocycles. The van der Waals surface area contributed by atoms with Crippen molar-refractivity contribution in [2.24, 2.45) is 5.73 Å². The number of aromatic nitrogens is 2. The lowest BCUT2D eigenvalue weighted by Crippen LogP contribution is -2.30. The van der Waals surface area contributed by atoms with Crippen molar-refractivity contribution in [3.8, 4) is 0 Å². The molecule has 15 heavy (non-hydrogen) atoms. The van der Waals surface area contributed by atoms with Crippen LogP contribution in [0.4, 0.5) is 5.82 Å². The van der Waals surface area contributed by atoms with Crippen LogP contribution in [0.3, 0.4) is 0 Å². The van der Waals surface area contributed by atoms with E-state index in [4.69, 9.17) is 5.73 Å². The standard InChI is InChI=1S/C11H20N4/c1-4-5-9(2)15(3)11-10(8-12)6-7-13-14-11/h6-7,9H,4-5,8,12H2,1-3H3. The van der Waals surface area contributed by atoms with Crippen molar-refractivity contribution >= 4 is 5.82 Å². The molecule has 4 nitrogen and oxygen atoms in total. The number of hydrogen-bond donors (Lipinski definition) is 1. The molecule has 1 aromatic heterocycles. The number of rotatable bonds is 5. The third-order valence-electron chi connectivity index (χ3n) is 2.70. The molecule has 1 heterocycles. The van der Waals surface area contributed by atoms with Gasteiger partial charge in [0.05, 0.1) is 6.20 Å². The van der Waals surface area contributed by atoms with Crippen molar-refractivity contribution in [2.45, 2.75) is 39.3 Å². The second-order valence-electron chi connectivity index (χ2n) is 3.83. The summed E-state index contributed by atoms with van der Waals surface area (Å²) in [7, 11) is 2.05. The number of nitrogens with two attached hydrogens (primary N) is 1. The molecule has 0 aliphatic heterocycles. The summed E-state index contributed by atoms with van der Waals surface area (Å²) in [6, 6.07) is 2.40. The van der Waals surface area contributed by atoms with E-state index in [1.165, 1.54) is 6.42 Å². The second kappa shape index (κ2) is 5.66. The van der Waals surface area contributed by atoms with Crippen LogP contribution < -0.4 is 10.6 Å². The van der Waals surface area contributed by atoms with E-state index in [0.29, 0.717) is 12.6 Å². The van der Waals surface area contributed by atoms with E-state index < -0.39 is 0 Å². The Morgan fingerprint density at radius 2 is 2.27 bits per heavy atom. The van der Waals surface area contributed by atoms with Gasteiger partial charge in [0.1, 0.15) is 0 Å². The molecular weight excluding hydrogens is 188 g/mol. The smallest absolute Gasteiger partial charge is 0.155 e. The highest BCUT2D eigenvalue weighted by Gasteiger charge is 2.13. The minimum atomic E-state index is 0.469. The molecule has 0 saturated heterocycles. The van der Waals surface area contributed by atoms with Crippen LogP contribution in [0.15, 0.2) is 12.3 Å². The molecule has 1 atom stereocenters.